The van der Waals surface area contributed by atoms with Crippen LogP contribution in [-0.4, -0.2) is 25.0 Å². The largest absolute Gasteiger partial charge is 0.352 e. The number of hydrogen-bond acceptors (Lipinski definition) is 2. The summed E-state index contributed by atoms with van der Waals surface area (Å²) in [5.74, 6) is 0.474. The normalized spacial score (nSPS) is 27.6. The first-order valence-corrected chi connectivity index (χ1v) is 7.87. The van der Waals surface area contributed by atoms with Crippen molar-refractivity contribution in [2.24, 2.45) is 5.92 Å². The number of nitrogens with one attached hydrogen (secondary N) is 2. The summed E-state index contributed by atoms with van der Waals surface area (Å²) < 4.78 is 0. The van der Waals surface area contributed by atoms with E-state index in [4.69, 9.17) is 23.2 Å². The number of benzene rings is 1. The lowest BCUT2D eigenvalue weighted by Crippen LogP contribution is -2.46. The second kappa shape index (κ2) is 7.19. The lowest BCUT2D eigenvalue weighted by Gasteiger charge is -2.23. The third-order valence-electron chi connectivity index (χ3n) is 4.13. The maximum atomic E-state index is 12.2. The molecule has 1 aliphatic carbocycles. The minimum absolute atomic E-state index is 0. The smallest absolute Gasteiger partial charge is 0.224 e. The molecule has 1 aliphatic heterocycles. The summed E-state index contributed by atoms with van der Waals surface area (Å²) in [7, 11) is 0. The van der Waals surface area contributed by atoms with Gasteiger partial charge in [-0.3, -0.25) is 4.79 Å². The fourth-order valence-electron chi connectivity index (χ4n) is 2.91. The van der Waals surface area contributed by atoms with Gasteiger partial charge in [-0.25, -0.2) is 0 Å². The van der Waals surface area contributed by atoms with Gasteiger partial charge in [-0.15, -0.1) is 12.4 Å². The Balaban J connectivity index is 0.00000161. The zero-order valence-electron chi connectivity index (χ0n) is 11.6. The molecule has 0 radical (unpaired) electrons. The highest BCUT2D eigenvalue weighted by molar-refractivity contribution is 6.35. The Kier molecular flexibility index (Phi) is 5.78. The first kappa shape index (κ1) is 16.9. The molecule has 3 unspecified atom stereocenters. The lowest BCUT2D eigenvalue weighted by atomic mass is 10.1. The highest BCUT2D eigenvalue weighted by atomic mass is 35.5. The van der Waals surface area contributed by atoms with Gasteiger partial charge < -0.3 is 10.6 Å². The van der Waals surface area contributed by atoms with Crippen molar-refractivity contribution in [3.8, 4) is 0 Å². The molecule has 3 rings (SSSR count). The molecule has 2 aliphatic rings. The van der Waals surface area contributed by atoms with Gasteiger partial charge in [0.25, 0.3) is 0 Å². The van der Waals surface area contributed by atoms with Crippen LogP contribution in [0.5, 0.6) is 0 Å². The summed E-state index contributed by atoms with van der Waals surface area (Å²) in [5, 5.41) is 7.75. The van der Waals surface area contributed by atoms with Gasteiger partial charge in [0.15, 0.2) is 0 Å². The zero-order valence-corrected chi connectivity index (χ0v) is 13.9. The van der Waals surface area contributed by atoms with Crippen LogP contribution in [0, 0.1) is 5.92 Å². The number of halogens is 3. The minimum Gasteiger partial charge on any atom is -0.352 e. The lowest BCUT2D eigenvalue weighted by molar-refractivity contribution is -0.123. The number of carbonyl (C=O) groups is 1. The molecule has 1 aromatic rings. The molecule has 2 N–H and O–H groups in total. The molecular formula is C15H19Cl3N2O. The van der Waals surface area contributed by atoms with Crippen LogP contribution in [0.4, 0.5) is 0 Å². The molecule has 0 aromatic heterocycles. The van der Waals surface area contributed by atoms with Crippen molar-refractivity contribution < 1.29 is 4.79 Å². The van der Waals surface area contributed by atoms with Crippen molar-refractivity contribution >= 4 is 41.5 Å². The van der Waals surface area contributed by atoms with E-state index in [0.29, 0.717) is 10.0 Å². The molecule has 21 heavy (non-hydrogen) atoms. The fraction of sp³-hybridized carbons (Fsp3) is 0.533. The third kappa shape index (κ3) is 4.04. The van der Waals surface area contributed by atoms with E-state index in [1.165, 1.54) is 0 Å². The predicted molar refractivity (Wildman–Crippen MR) is 88.6 cm³/mol. The summed E-state index contributed by atoms with van der Waals surface area (Å²) in [6, 6.07) is 5.79. The van der Waals surface area contributed by atoms with Crippen LogP contribution in [0.25, 0.3) is 0 Å². The molecule has 3 atom stereocenters. The molecule has 0 spiro atoms. The van der Waals surface area contributed by atoms with Crippen LogP contribution in [0.3, 0.4) is 0 Å². The zero-order chi connectivity index (χ0) is 14.1. The van der Waals surface area contributed by atoms with Crippen molar-refractivity contribution in [2.75, 3.05) is 13.1 Å². The van der Waals surface area contributed by atoms with Crippen molar-refractivity contribution in [2.45, 2.75) is 31.2 Å². The Bertz CT molecular complexity index is 518. The molecule has 116 valence electrons. The van der Waals surface area contributed by atoms with E-state index in [1.807, 2.05) is 12.1 Å². The fourth-order valence-corrected chi connectivity index (χ4v) is 3.46. The van der Waals surface area contributed by atoms with Crippen molar-refractivity contribution in [1.82, 2.24) is 10.6 Å². The quantitative estimate of drug-likeness (QED) is 0.878. The Labute approximate surface area is 141 Å². The number of amides is 1. The van der Waals surface area contributed by atoms with E-state index in [1.54, 1.807) is 6.07 Å². The van der Waals surface area contributed by atoms with Gasteiger partial charge in [0.2, 0.25) is 5.91 Å². The molecule has 1 saturated carbocycles. The number of hydrogen-bond donors (Lipinski definition) is 2. The Hall–Kier alpha value is -0.480. The van der Waals surface area contributed by atoms with Gasteiger partial charge in [-0.1, -0.05) is 29.3 Å². The molecule has 6 heteroatoms. The number of carbonyl (C=O) groups excluding carboxylic acids is 1. The monoisotopic (exact) mass is 348 g/mol. The molecule has 1 saturated heterocycles. The SMILES string of the molecule is Cl.O=C(NC1CCCNC1)C1CC1c1ccc(Cl)cc1Cl. The minimum atomic E-state index is 0. The van der Waals surface area contributed by atoms with E-state index in [0.717, 1.165) is 37.9 Å². The summed E-state index contributed by atoms with van der Waals surface area (Å²) in [4.78, 5) is 12.2. The summed E-state index contributed by atoms with van der Waals surface area (Å²) in [6.45, 7) is 1.93. The van der Waals surface area contributed by atoms with E-state index in [2.05, 4.69) is 10.6 Å². The van der Waals surface area contributed by atoms with Gasteiger partial charge in [0.1, 0.15) is 0 Å². The highest BCUT2D eigenvalue weighted by Crippen LogP contribution is 2.50. The van der Waals surface area contributed by atoms with Gasteiger partial charge in [0, 0.05) is 28.5 Å². The average Bonchev–Trinajstić information content (AvgIpc) is 3.20. The molecular weight excluding hydrogens is 331 g/mol. The molecule has 0 bridgehead atoms. The van der Waals surface area contributed by atoms with Crippen LogP contribution in [0.15, 0.2) is 18.2 Å². The second-order valence-electron chi connectivity index (χ2n) is 5.67. The van der Waals surface area contributed by atoms with Gasteiger partial charge in [-0.2, -0.15) is 0 Å². The summed E-state index contributed by atoms with van der Waals surface area (Å²) >= 11 is 12.1. The second-order valence-corrected chi connectivity index (χ2v) is 6.51. The number of piperidine rings is 1. The van der Waals surface area contributed by atoms with E-state index in [-0.39, 0.29) is 36.2 Å². The Morgan fingerprint density at radius 2 is 2.14 bits per heavy atom. The summed E-state index contributed by atoms with van der Waals surface area (Å²) in [5.41, 5.74) is 1.04. The van der Waals surface area contributed by atoms with E-state index < -0.39 is 0 Å². The molecule has 2 fully saturated rings. The standard InChI is InChI=1S/C15H18Cl2N2O.ClH/c16-9-3-4-11(14(17)6-9)12-7-13(12)15(20)19-10-2-1-5-18-8-10;/h3-4,6,10,12-13,18H,1-2,5,7-8H2,(H,19,20);1H. The van der Waals surface area contributed by atoms with Crippen molar-refractivity contribution in [1.29, 1.82) is 0 Å². The van der Waals surface area contributed by atoms with Crippen LogP contribution >= 0.6 is 35.6 Å². The van der Waals surface area contributed by atoms with Crippen LogP contribution in [-0.2, 0) is 4.79 Å². The van der Waals surface area contributed by atoms with Crippen molar-refractivity contribution in [3.05, 3.63) is 33.8 Å². The third-order valence-corrected chi connectivity index (χ3v) is 4.69. The van der Waals surface area contributed by atoms with Gasteiger partial charge in [-0.05, 0) is 49.4 Å². The first-order valence-electron chi connectivity index (χ1n) is 7.11. The molecule has 1 aromatic carbocycles. The van der Waals surface area contributed by atoms with Crippen LogP contribution in [0.2, 0.25) is 10.0 Å². The van der Waals surface area contributed by atoms with E-state index in [9.17, 15) is 4.79 Å². The van der Waals surface area contributed by atoms with Crippen LogP contribution < -0.4 is 10.6 Å². The highest BCUT2D eigenvalue weighted by Gasteiger charge is 2.45. The maximum absolute atomic E-state index is 12.2. The average molecular weight is 350 g/mol. The van der Waals surface area contributed by atoms with Gasteiger partial charge in [0.05, 0.1) is 0 Å². The predicted octanol–water partition coefficient (Wildman–Crippen LogP) is 3.39. The molecule has 1 amide bonds. The van der Waals surface area contributed by atoms with Gasteiger partial charge >= 0.3 is 0 Å². The topological polar surface area (TPSA) is 41.1 Å². The number of rotatable bonds is 3. The summed E-state index contributed by atoms with van der Waals surface area (Å²) in [6.07, 6.45) is 3.08. The maximum Gasteiger partial charge on any atom is 0.224 e. The van der Waals surface area contributed by atoms with Crippen LogP contribution in [0.1, 0.15) is 30.7 Å². The Morgan fingerprint density at radius 3 is 2.81 bits per heavy atom. The Morgan fingerprint density at radius 1 is 1.33 bits per heavy atom. The first-order chi connectivity index (χ1) is 9.65. The van der Waals surface area contributed by atoms with Crippen molar-refractivity contribution in [3.63, 3.8) is 0 Å². The molecule has 1 heterocycles. The molecule has 3 nitrogen and oxygen atoms in total. The van der Waals surface area contributed by atoms with E-state index >= 15 is 0 Å².